The number of hydrogen-bond acceptors (Lipinski definition) is 7. The summed E-state index contributed by atoms with van der Waals surface area (Å²) in [5.41, 5.74) is 1.39. The number of aliphatic hydroxyl groups is 1. The molecule has 0 atom stereocenters. The van der Waals surface area contributed by atoms with Crippen molar-refractivity contribution >= 4 is 39.2 Å². The molecule has 7 nitrogen and oxygen atoms in total. The van der Waals surface area contributed by atoms with Crippen LogP contribution in [0.3, 0.4) is 0 Å². The van der Waals surface area contributed by atoms with Gasteiger partial charge in [-0.2, -0.15) is 4.98 Å². The van der Waals surface area contributed by atoms with Gasteiger partial charge < -0.3 is 20.2 Å². The zero-order valence-corrected chi connectivity index (χ0v) is 15.9. The van der Waals surface area contributed by atoms with Gasteiger partial charge in [0.05, 0.1) is 12.0 Å². The van der Waals surface area contributed by atoms with E-state index in [1.165, 1.54) is 23.3 Å². The normalized spacial score (nSPS) is 17.5. The van der Waals surface area contributed by atoms with Crippen molar-refractivity contribution in [3.63, 3.8) is 0 Å². The summed E-state index contributed by atoms with van der Waals surface area (Å²) in [7, 11) is 0. The van der Waals surface area contributed by atoms with Crippen molar-refractivity contribution in [1.82, 2.24) is 14.9 Å². The van der Waals surface area contributed by atoms with Crippen LogP contribution in [0.5, 0.6) is 0 Å². The highest BCUT2D eigenvalue weighted by Crippen LogP contribution is 2.39. The molecule has 2 aliphatic rings. The first-order valence-electron chi connectivity index (χ1n) is 9.35. The largest absolute Gasteiger partial charge is 0.395 e. The molecule has 1 aliphatic carbocycles. The Labute approximate surface area is 157 Å². The summed E-state index contributed by atoms with van der Waals surface area (Å²) in [6.07, 6.45) is 4.67. The maximum Gasteiger partial charge on any atom is 0.228 e. The average molecular weight is 375 g/mol. The van der Waals surface area contributed by atoms with Crippen LogP contribution in [-0.2, 0) is 17.6 Å². The van der Waals surface area contributed by atoms with Crippen LogP contribution in [0.1, 0.15) is 30.2 Å². The fraction of sp³-hybridized carbons (Fsp3) is 0.611. The number of hydrogen-bond donors (Lipinski definition) is 2. The van der Waals surface area contributed by atoms with Crippen molar-refractivity contribution in [3.8, 4) is 0 Å². The Bertz CT molecular complexity index is 814. The van der Waals surface area contributed by atoms with Gasteiger partial charge in [0.15, 0.2) is 0 Å². The number of amides is 1. The molecule has 1 fully saturated rings. The van der Waals surface area contributed by atoms with Gasteiger partial charge in [0, 0.05) is 44.5 Å². The van der Waals surface area contributed by atoms with Gasteiger partial charge in [0.1, 0.15) is 10.6 Å². The summed E-state index contributed by atoms with van der Waals surface area (Å²) in [6, 6.07) is 0. The summed E-state index contributed by atoms with van der Waals surface area (Å²) in [5.74, 6) is 1.68. The van der Waals surface area contributed by atoms with Crippen LogP contribution in [0.25, 0.3) is 10.2 Å². The standard InChI is InChI=1S/C18H25N5O2S/c1-12(25)22-7-9-23(10-8-22)18-20-16(19-6-11-24)15-13-4-2-3-5-14(13)26-17(15)21-18/h24H,2-11H2,1H3,(H,19,20,21). The molecule has 1 amide bonds. The van der Waals surface area contributed by atoms with Gasteiger partial charge in [-0.05, 0) is 31.2 Å². The summed E-state index contributed by atoms with van der Waals surface area (Å²) >= 11 is 1.79. The summed E-state index contributed by atoms with van der Waals surface area (Å²) in [5, 5.41) is 13.7. The molecule has 0 radical (unpaired) electrons. The molecule has 0 saturated carbocycles. The topological polar surface area (TPSA) is 81.6 Å². The maximum absolute atomic E-state index is 11.5. The van der Waals surface area contributed by atoms with Gasteiger partial charge in [0.25, 0.3) is 0 Å². The first-order valence-corrected chi connectivity index (χ1v) is 10.2. The molecule has 8 heteroatoms. The number of nitrogens with one attached hydrogen (secondary N) is 1. The van der Waals surface area contributed by atoms with E-state index in [-0.39, 0.29) is 12.5 Å². The number of aromatic nitrogens is 2. The molecule has 0 unspecified atom stereocenters. The number of carbonyl (C=O) groups is 1. The minimum atomic E-state index is 0.0739. The number of carbonyl (C=O) groups excluding carboxylic acids is 1. The molecular weight excluding hydrogens is 350 g/mol. The fourth-order valence-electron chi connectivity index (χ4n) is 3.81. The van der Waals surface area contributed by atoms with Gasteiger partial charge in [-0.15, -0.1) is 11.3 Å². The number of anilines is 2. The second-order valence-electron chi connectivity index (χ2n) is 6.91. The summed E-state index contributed by atoms with van der Waals surface area (Å²) < 4.78 is 0. The summed E-state index contributed by atoms with van der Waals surface area (Å²) in [6.45, 7) is 5.07. The fourth-order valence-corrected chi connectivity index (χ4v) is 5.07. The molecule has 2 aromatic heterocycles. The average Bonchev–Trinajstić information content (AvgIpc) is 3.04. The number of aliphatic hydroxyl groups excluding tert-OH is 1. The van der Waals surface area contributed by atoms with E-state index in [1.54, 1.807) is 18.3 Å². The smallest absolute Gasteiger partial charge is 0.228 e. The number of nitrogens with zero attached hydrogens (tertiary/aromatic N) is 4. The molecule has 0 aromatic carbocycles. The quantitative estimate of drug-likeness (QED) is 0.846. The highest BCUT2D eigenvalue weighted by atomic mass is 32.1. The summed E-state index contributed by atoms with van der Waals surface area (Å²) in [4.78, 5) is 27.7. The first kappa shape index (κ1) is 17.5. The maximum atomic E-state index is 11.5. The lowest BCUT2D eigenvalue weighted by Gasteiger charge is -2.34. The predicted octanol–water partition coefficient (Wildman–Crippen LogP) is 1.64. The molecular formula is C18H25N5O2S. The van der Waals surface area contributed by atoms with Crippen molar-refractivity contribution in [3.05, 3.63) is 10.4 Å². The van der Waals surface area contributed by atoms with Crippen LogP contribution in [0.2, 0.25) is 0 Å². The Morgan fingerprint density at radius 1 is 1.19 bits per heavy atom. The predicted molar refractivity (Wildman–Crippen MR) is 104 cm³/mol. The van der Waals surface area contributed by atoms with E-state index >= 15 is 0 Å². The van der Waals surface area contributed by atoms with Crippen molar-refractivity contribution < 1.29 is 9.90 Å². The lowest BCUT2D eigenvalue weighted by atomic mass is 9.97. The third kappa shape index (κ3) is 3.23. The number of aryl methyl sites for hydroxylation is 2. The molecule has 1 aliphatic heterocycles. The van der Waals surface area contributed by atoms with Crippen LogP contribution < -0.4 is 10.2 Å². The molecule has 26 heavy (non-hydrogen) atoms. The Morgan fingerprint density at radius 2 is 1.96 bits per heavy atom. The Balaban J connectivity index is 1.68. The van der Waals surface area contributed by atoms with Crippen LogP contribution in [-0.4, -0.2) is 65.2 Å². The minimum Gasteiger partial charge on any atom is -0.395 e. The van der Waals surface area contributed by atoms with Gasteiger partial charge in [-0.3, -0.25) is 4.79 Å². The zero-order valence-electron chi connectivity index (χ0n) is 15.1. The van der Waals surface area contributed by atoms with Crippen molar-refractivity contribution in [2.75, 3.05) is 49.5 Å². The van der Waals surface area contributed by atoms with Crippen molar-refractivity contribution in [2.45, 2.75) is 32.6 Å². The van der Waals surface area contributed by atoms with Crippen LogP contribution >= 0.6 is 11.3 Å². The third-order valence-corrected chi connectivity index (χ3v) is 6.40. The number of piperazine rings is 1. The Morgan fingerprint density at radius 3 is 2.69 bits per heavy atom. The van der Waals surface area contributed by atoms with Gasteiger partial charge in [-0.25, -0.2) is 4.98 Å². The minimum absolute atomic E-state index is 0.0739. The van der Waals surface area contributed by atoms with Crippen LogP contribution in [0.4, 0.5) is 11.8 Å². The molecule has 0 spiro atoms. The SMILES string of the molecule is CC(=O)N1CCN(c2nc(NCCO)c3c4c(sc3n2)CCCC4)CC1. The van der Waals surface area contributed by atoms with Crippen molar-refractivity contribution in [2.24, 2.45) is 0 Å². The van der Waals surface area contributed by atoms with Crippen molar-refractivity contribution in [1.29, 1.82) is 0 Å². The second-order valence-corrected chi connectivity index (χ2v) is 7.99. The van der Waals surface area contributed by atoms with E-state index < -0.39 is 0 Å². The zero-order chi connectivity index (χ0) is 18.1. The van der Waals surface area contributed by atoms with Gasteiger partial charge >= 0.3 is 0 Å². The number of rotatable bonds is 4. The number of fused-ring (bicyclic) bond motifs is 3. The molecule has 140 valence electrons. The molecule has 2 N–H and O–H groups in total. The van der Waals surface area contributed by atoms with Crippen LogP contribution in [0.15, 0.2) is 0 Å². The van der Waals surface area contributed by atoms with E-state index in [4.69, 9.17) is 9.97 Å². The van der Waals surface area contributed by atoms with E-state index in [0.717, 1.165) is 47.9 Å². The Hall–Kier alpha value is -1.93. The Kier molecular flexibility index (Phi) is 4.95. The van der Waals surface area contributed by atoms with Crippen LogP contribution in [0, 0.1) is 0 Å². The lowest BCUT2D eigenvalue weighted by molar-refractivity contribution is -0.129. The highest BCUT2D eigenvalue weighted by molar-refractivity contribution is 7.19. The molecule has 1 saturated heterocycles. The van der Waals surface area contributed by atoms with Gasteiger partial charge in [0.2, 0.25) is 11.9 Å². The molecule has 2 aromatic rings. The van der Waals surface area contributed by atoms with E-state index in [2.05, 4.69) is 10.2 Å². The number of thiophene rings is 1. The highest BCUT2D eigenvalue weighted by Gasteiger charge is 2.25. The molecule has 3 heterocycles. The van der Waals surface area contributed by atoms with E-state index in [9.17, 15) is 9.90 Å². The lowest BCUT2D eigenvalue weighted by Crippen LogP contribution is -2.48. The first-order chi connectivity index (χ1) is 12.7. The van der Waals surface area contributed by atoms with E-state index in [0.29, 0.717) is 19.6 Å². The van der Waals surface area contributed by atoms with Gasteiger partial charge in [-0.1, -0.05) is 0 Å². The monoisotopic (exact) mass is 375 g/mol. The second kappa shape index (κ2) is 7.36. The molecule has 4 rings (SSSR count). The third-order valence-electron chi connectivity index (χ3n) is 5.21. The molecule has 0 bridgehead atoms. The van der Waals surface area contributed by atoms with E-state index in [1.807, 2.05) is 4.90 Å².